The molecular weight excluding hydrogens is 222 g/mol. The summed E-state index contributed by atoms with van der Waals surface area (Å²) in [6.07, 6.45) is 1.10. The third-order valence-corrected chi connectivity index (χ3v) is 4.26. The third-order valence-electron chi connectivity index (χ3n) is 4.26. The van der Waals surface area contributed by atoms with Crippen LogP contribution in [-0.2, 0) is 6.54 Å². The average molecular weight is 247 g/mol. The lowest BCUT2D eigenvalue weighted by Gasteiger charge is -2.34. The molecular formula is C15H25N3. The van der Waals surface area contributed by atoms with Crippen molar-refractivity contribution in [2.45, 2.75) is 38.4 Å². The summed E-state index contributed by atoms with van der Waals surface area (Å²) < 4.78 is 0. The van der Waals surface area contributed by atoms with E-state index in [0.717, 1.165) is 19.5 Å². The van der Waals surface area contributed by atoms with Crippen LogP contribution in [0.2, 0.25) is 0 Å². The van der Waals surface area contributed by atoms with E-state index in [2.05, 4.69) is 62.0 Å². The van der Waals surface area contributed by atoms with Gasteiger partial charge in [0.1, 0.15) is 0 Å². The van der Waals surface area contributed by atoms with E-state index in [0.29, 0.717) is 6.04 Å². The largest absolute Gasteiger partial charge is 0.378 e. The predicted molar refractivity (Wildman–Crippen MR) is 77.9 cm³/mol. The number of hydrogen-bond acceptors (Lipinski definition) is 3. The van der Waals surface area contributed by atoms with Gasteiger partial charge in [-0.05, 0) is 38.0 Å². The van der Waals surface area contributed by atoms with Crippen molar-refractivity contribution >= 4 is 5.69 Å². The van der Waals surface area contributed by atoms with Gasteiger partial charge in [0.05, 0.1) is 0 Å². The molecule has 2 rings (SSSR count). The van der Waals surface area contributed by atoms with E-state index in [4.69, 9.17) is 5.73 Å². The molecule has 1 atom stereocenters. The highest BCUT2D eigenvalue weighted by atomic mass is 15.2. The number of nitrogens with zero attached hydrogens (tertiary/aromatic N) is 2. The van der Waals surface area contributed by atoms with Gasteiger partial charge >= 0.3 is 0 Å². The maximum Gasteiger partial charge on any atom is 0.0361 e. The number of nitrogens with two attached hydrogens (primary N) is 1. The van der Waals surface area contributed by atoms with Crippen LogP contribution in [-0.4, -0.2) is 37.1 Å². The van der Waals surface area contributed by atoms with E-state index >= 15 is 0 Å². The molecule has 1 aliphatic heterocycles. The van der Waals surface area contributed by atoms with E-state index in [-0.39, 0.29) is 5.54 Å². The molecule has 0 aliphatic carbocycles. The Morgan fingerprint density at radius 3 is 2.33 bits per heavy atom. The number of benzene rings is 1. The Balaban J connectivity index is 2.06. The van der Waals surface area contributed by atoms with Gasteiger partial charge in [-0.1, -0.05) is 12.1 Å². The minimum absolute atomic E-state index is 0.111. The van der Waals surface area contributed by atoms with Crippen molar-refractivity contribution in [2.24, 2.45) is 5.73 Å². The first kappa shape index (κ1) is 13.4. The molecule has 3 heteroatoms. The monoisotopic (exact) mass is 247 g/mol. The van der Waals surface area contributed by atoms with Crippen molar-refractivity contribution in [3.63, 3.8) is 0 Å². The Hall–Kier alpha value is -1.06. The molecule has 0 spiro atoms. The maximum atomic E-state index is 6.17. The van der Waals surface area contributed by atoms with Gasteiger partial charge in [0, 0.05) is 44.5 Å². The number of hydrogen-bond donors (Lipinski definition) is 1. The lowest BCUT2D eigenvalue weighted by Crippen LogP contribution is -2.48. The standard InChI is InChI=1S/C15H25N3/c1-15(2)14(16)9-10-18(15)11-12-5-7-13(8-6-12)17(3)4/h5-8,14H,9-11,16H2,1-4H3. The Morgan fingerprint density at radius 1 is 1.28 bits per heavy atom. The van der Waals surface area contributed by atoms with E-state index < -0.39 is 0 Å². The second-order valence-corrected chi connectivity index (χ2v) is 6.03. The molecule has 18 heavy (non-hydrogen) atoms. The molecule has 0 bridgehead atoms. The summed E-state index contributed by atoms with van der Waals surface area (Å²) in [5, 5.41) is 0. The SMILES string of the molecule is CN(C)c1ccc(CN2CCC(N)C2(C)C)cc1. The van der Waals surface area contributed by atoms with Crippen molar-refractivity contribution in [1.82, 2.24) is 4.90 Å². The number of rotatable bonds is 3. The first-order valence-corrected chi connectivity index (χ1v) is 6.68. The van der Waals surface area contributed by atoms with Crippen molar-refractivity contribution < 1.29 is 0 Å². The van der Waals surface area contributed by atoms with Crippen LogP contribution >= 0.6 is 0 Å². The van der Waals surface area contributed by atoms with Crippen LogP contribution in [0.3, 0.4) is 0 Å². The first-order chi connectivity index (χ1) is 8.41. The van der Waals surface area contributed by atoms with E-state index in [9.17, 15) is 0 Å². The Bertz CT molecular complexity index is 395. The summed E-state index contributed by atoms with van der Waals surface area (Å²) in [6.45, 7) is 6.59. The lowest BCUT2D eigenvalue weighted by atomic mass is 9.96. The molecule has 1 aliphatic rings. The Morgan fingerprint density at radius 2 is 1.89 bits per heavy atom. The minimum atomic E-state index is 0.111. The summed E-state index contributed by atoms with van der Waals surface area (Å²) in [7, 11) is 4.13. The van der Waals surface area contributed by atoms with Crippen LogP contribution in [0.25, 0.3) is 0 Å². The molecule has 2 N–H and O–H groups in total. The predicted octanol–water partition coefficient (Wildman–Crippen LogP) is 2.06. The van der Waals surface area contributed by atoms with Crippen LogP contribution in [0.15, 0.2) is 24.3 Å². The molecule has 1 saturated heterocycles. The highest BCUT2D eigenvalue weighted by Gasteiger charge is 2.38. The summed E-state index contributed by atoms with van der Waals surface area (Å²) in [5.41, 5.74) is 8.89. The smallest absolute Gasteiger partial charge is 0.0361 e. The highest BCUT2D eigenvalue weighted by molar-refractivity contribution is 5.46. The van der Waals surface area contributed by atoms with Gasteiger partial charge in [-0.25, -0.2) is 0 Å². The van der Waals surface area contributed by atoms with Crippen LogP contribution in [0.1, 0.15) is 25.8 Å². The molecule has 0 amide bonds. The van der Waals surface area contributed by atoms with E-state index in [1.807, 2.05) is 0 Å². The van der Waals surface area contributed by atoms with Crippen molar-refractivity contribution in [3.8, 4) is 0 Å². The van der Waals surface area contributed by atoms with Gasteiger partial charge in [0.15, 0.2) is 0 Å². The van der Waals surface area contributed by atoms with Gasteiger partial charge in [0.25, 0.3) is 0 Å². The number of likely N-dealkylation sites (tertiary alicyclic amines) is 1. The normalized spacial score (nSPS) is 23.3. The topological polar surface area (TPSA) is 32.5 Å². The van der Waals surface area contributed by atoms with Crippen LogP contribution in [0.4, 0.5) is 5.69 Å². The number of anilines is 1. The zero-order valence-electron chi connectivity index (χ0n) is 12.0. The minimum Gasteiger partial charge on any atom is -0.378 e. The summed E-state index contributed by atoms with van der Waals surface area (Å²) in [5.74, 6) is 0. The molecule has 0 saturated carbocycles. The van der Waals surface area contributed by atoms with Gasteiger partial charge in [-0.3, -0.25) is 4.90 Å². The fraction of sp³-hybridized carbons (Fsp3) is 0.600. The quantitative estimate of drug-likeness (QED) is 0.887. The molecule has 3 nitrogen and oxygen atoms in total. The zero-order chi connectivity index (χ0) is 13.3. The van der Waals surface area contributed by atoms with Crippen molar-refractivity contribution in [2.75, 3.05) is 25.5 Å². The molecule has 1 unspecified atom stereocenters. The Labute approximate surface area is 111 Å². The van der Waals surface area contributed by atoms with Crippen LogP contribution in [0.5, 0.6) is 0 Å². The molecule has 1 fully saturated rings. The first-order valence-electron chi connectivity index (χ1n) is 6.68. The maximum absolute atomic E-state index is 6.17. The Kier molecular flexibility index (Phi) is 3.64. The summed E-state index contributed by atoms with van der Waals surface area (Å²) in [6, 6.07) is 9.08. The lowest BCUT2D eigenvalue weighted by molar-refractivity contribution is 0.154. The zero-order valence-corrected chi connectivity index (χ0v) is 12.0. The van der Waals surface area contributed by atoms with Gasteiger partial charge in [-0.15, -0.1) is 0 Å². The molecule has 0 aromatic heterocycles. The molecule has 1 heterocycles. The van der Waals surface area contributed by atoms with Crippen molar-refractivity contribution in [3.05, 3.63) is 29.8 Å². The van der Waals surface area contributed by atoms with E-state index in [1.54, 1.807) is 0 Å². The molecule has 1 aromatic rings. The van der Waals surface area contributed by atoms with Gasteiger partial charge < -0.3 is 10.6 Å². The summed E-state index contributed by atoms with van der Waals surface area (Å²) in [4.78, 5) is 4.61. The van der Waals surface area contributed by atoms with Crippen LogP contribution in [0, 0.1) is 0 Å². The summed E-state index contributed by atoms with van der Waals surface area (Å²) >= 11 is 0. The molecule has 100 valence electrons. The van der Waals surface area contributed by atoms with Crippen molar-refractivity contribution in [1.29, 1.82) is 0 Å². The van der Waals surface area contributed by atoms with Gasteiger partial charge in [0.2, 0.25) is 0 Å². The van der Waals surface area contributed by atoms with Gasteiger partial charge in [-0.2, -0.15) is 0 Å². The second kappa shape index (κ2) is 4.90. The fourth-order valence-electron chi connectivity index (χ4n) is 2.57. The third kappa shape index (κ3) is 2.52. The fourth-order valence-corrected chi connectivity index (χ4v) is 2.57. The highest BCUT2D eigenvalue weighted by Crippen LogP contribution is 2.29. The van der Waals surface area contributed by atoms with E-state index in [1.165, 1.54) is 11.3 Å². The van der Waals surface area contributed by atoms with Crippen LogP contribution < -0.4 is 10.6 Å². The average Bonchev–Trinajstić information content (AvgIpc) is 2.57. The molecule has 1 aromatic carbocycles. The molecule has 0 radical (unpaired) electrons. The second-order valence-electron chi connectivity index (χ2n) is 6.03.